The summed E-state index contributed by atoms with van der Waals surface area (Å²) in [5.74, 6) is 0. The molecule has 0 aromatic carbocycles. The maximum atomic E-state index is 4.60. The molecule has 1 aromatic rings. The number of imidazole rings is 1. The first-order valence-electron chi connectivity index (χ1n) is 5.71. The molecule has 0 saturated carbocycles. The molecule has 1 heterocycles. The van der Waals surface area contributed by atoms with E-state index in [1.807, 2.05) is 6.92 Å². The van der Waals surface area contributed by atoms with Gasteiger partial charge < -0.3 is 32.9 Å². The molecule has 0 atom stereocenters. The summed E-state index contributed by atoms with van der Waals surface area (Å²) in [5, 5.41) is 0. The van der Waals surface area contributed by atoms with E-state index in [0.717, 1.165) is 5.69 Å². The fraction of sp³-hybridized carbons (Fsp3) is 0.700. The van der Waals surface area contributed by atoms with Crippen molar-refractivity contribution in [2.75, 3.05) is 42.7 Å². The molecule has 1 rings (SSSR count). The molecule has 8 nitrogen and oxygen atoms in total. The first kappa shape index (κ1) is 21.4. The van der Waals surface area contributed by atoms with Gasteiger partial charge in [-0.2, -0.15) is 0 Å². The smallest absolute Gasteiger partial charge is 0.389 e. The molecule has 10 heteroatoms. The van der Waals surface area contributed by atoms with Crippen molar-refractivity contribution in [1.29, 1.82) is 0 Å². The van der Waals surface area contributed by atoms with E-state index in [4.69, 9.17) is 0 Å². The van der Waals surface area contributed by atoms with Crippen molar-refractivity contribution in [3.8, 4) is 0 Å². The van der Waals surface area contributed by atoms with E-state index in [1.54, 1.807) is 12.5 Å². The van der Waals surface area contributed by atoms with Crippen LogP contribution in [0, 0.1) is 6.92 Å². The van der Waals surface area contributed by atoms with Gasteiger partial charge in [0.05, 0.1) is 6.33 Å². The zero-order valence-corrected chi connectivity index (χ0v) is 13.2. The average Bonchev–Trinajstić information content (AvgIpc) is 2.95. The summed E-state index contributed by atoms with van der Waals surface area (Å²) in [4.78, 5) is 6.66. The normalized spacial score (nSPS) is 8.95. The first-order valence-corrected chi connectivity index (χ1v) is 5.71. The van der Waals surface area contributed by atoms with Crippen molar-refractivity contribution in [3.63, 3.8) is 0 Å². The minimum absolute atomic E-state index is 0.514. The minimum Gasteiger partial charge on any atom is -0.389 e. The van der Waals surface area contributed by atoms with Crippen LogP contribution in [0.25, 0.3) is 0 Å². The maximum absolute atomic E-state index is 4.60. The van der Waals surface area contributed by atoms with Gasteiger partial charge in [-0.25, -0.2) is 4.98 Å². The minimum atomic E-state index is -0.514. The lowest BCUT2D eigenvalue weighted by molar-refractivity contribution is 0.163. The molecule has 0 saturated heterocycles. The van der Waals surface area contributed by atoms with E-state index in [-0.39, 0.29) is 0 Å². The van der Waals surface area contributed by atoms with Gasteiger partial charge in [0.2, 0.25) is 0 Å². The Labute approximate surface area is 121 Å². The van der Waals surface area contributed by atoms with Gasteiger partial charge in [-0.05, 0) is 6.92 Å². The largest absolute Gasteiger partial charge is 0.638 e. The summed E-state index contributed by atoms with van der Waals surface area (Å²) < 4.78 is 27.6. The van der Waals surface area contributed by atoms with Gasteiger partial charge in [-0.3, -0.25) is 0 Å². The standard InChI is InChI=1S/C4H6N2.2C3H9BO3/c1-4-2-5-3-6-4;2*1-5-4(6-2)7-3/h2-3H,1H3,(H,5,6);2*1-3H3. The maximum Gasteiger partial charge on any atom is 0.638 e. The Balaban J connectivity index is 0. The lowest BCUT2D eigenvalue weighted by Gasteiger charge is -2.01. The number of nitrogens with one attached hydrogen (secondary N) is 1. The third-order valence-corrected chi connectivity index (χ3v) is 1.79. The monoisotopic (exact) mass is 290 g/mol. The van der Waals surface area contributed by atoms with Gasteiger partial charge in [-0.15, -0.1) is 0 Å². The van der Waals surface area contributed by atoms with Crippen molar-refractivity contribution in [3.05, 3.63) is 18.2 Å². The SMILES string of the molecule is COB(OC)OC.COB(OC)OC.Cc1cnc[nH]1. The quantitative estimate of drug-likeness (QED) is 0.765. The Morgan fingerprint density at radius 3 is 1.20 bits per heavy atom. The molecule has 0 amide bonds. The van der Waals surface area contributed by atoms with Crippen molar-refractivity contribution >= 4 is 14.6 Å². The average molecular weight is 290 g/mol. The molecule has 0 spiro atoms. The van der Waals surface area contributed by atoms with E-state index >= 15 is 0 Å². The molecule has 116 valence electrons. The second-order valence-corrected chi connectivity index (χ2v) is 3.23. The summed E-state index contributed by atoms with van der Waals surface area (Å²) in [7, 11) is 8.04. The second kappa shape index (κ2) is 16.2. The Morgan fingerprint density at radius 2 is 1.15 bits per heavy atom. The zero-order valence-electron chi connectivity index (χ0n) is 13.2. The van der Waals surface area contributed by atoms with Crippen LogP contribution in [0.15, 0.2) is 12.5 Å². The highest BCUT2D eigenvalue weighted by molar-refractivity contribution is 6.36. The molecule has 0 unspecified atom stereocenters. The highest BCUT2D eigenvalue weighted by Crippen LogP contribution is 1.82. The third-order valence-electron chi connectivity index (χ3n) is 1.79. The van der Waals surface area contributed by atoms with E-state index in [0.29, 0.717) is 0 Å². The number of rotatable bonds is 6. The van der Waals surface area contributed by atoms with Gasteiger partial charge in [0.25, 0.3) is 0 Å². The van der Waals surface area contributed by atoms with Crippen LogP contribution in [0.4, 0.5) is 0 Å². The number of aromatic nitrogens is 2. The van der Waals surface area contributed by atoms with E-state index in [9.17, 15) is 0 Å². The Morgan fingerprint density at radius 1 is 0.800 bits per heavy atom. The number of nitrogens with zero attached hydrogens (tertiary/aromatic N) is 1. The van der Waals surface area contributed by atoms with Crippen LogP contribution >= 0.6 is 0 Å². The van der Waals surface area contributed by atoms with Crippen LogP contribution in [0.3, 0.4) is 0 Å². The van der Waals surface area contributed by atoms with Crippen LogP contribution in [-0.4, -0.2) is 67.3 Å². The molecule has 1 N–H and O–H groups in total. The van der Waals surface area contributed by atoms with Crippen molar-refractivity contribution in [2.45, 2.75) is 6.92 Å². The van der Waals surface area contributed by atoms with Crippen molar-refractivity contribution in [2.24, 2.45) is 0 Å². The van der Waals surface area contributed by atoms with Crippen LogP contribution in [0.2, 0.25) is 0 Å². The molecule has 0 fully saturated rings. The molecular formula is C10H24B2N2O6. The second-order valence-electron chi connectivity index (χ2n) is 3.23. The molecule has 0 aliphatic rings. The van der Waals surface area contributed by atoms with Crippen molar-refractivity contribution in [1.82, 2.24) is 9.97 Å². The van der Waals surface area contributed by atoms with E-state index < -0.39 is 14.6 Å². The number of hydrogen-bond acceptors (Lipinski definition) is 7. The fourth-order valence-electron chi connectivity index (χ4n) is 0.903. The lowest BCUT2D eigenvalue weighted by atomic mass is 10.2. The van der Waals surface area contributed by atoms with Gasteiger partial charge in [-0.1, -0.05) is 0 Å². The van der Waals surface area contributed by atoms with Crippen LogP contribution < -0.4 is 0 Å². The summed E-state index contributed by atoms with van der Waals surface area (Å²) in [5.41, 5.74) is 1.11. The molecule has 20 heavy (non-hydrogen) atoms. The molecule has 0 aliphatic heterocycles. The predicted octanol–water partition coefficient (Wildman–Crippen LogP) is 0.539. The lowest BCUT2D eigenvalue weighted by Crippen LogP contribution is -2.21. The molecule has 0 bridgehead atoms. The van der Waals surface area contributed by atoms with Crippen LogP contribution in [-0.2, 0) is 27.9 Å². The molecule has 0 radical (unpaired) electrons. The number of hydrogen-bond donors (Lipinski definition) is 1. The summed E-state index contributed by atoms with van der Waals surface area (Å²) in [6.07, 6.45) is 3.44. The fourth-order valence-corrected chi connectivity index (χ4v) is 0.903. The van der Waals surface area contributed by atoms with Gasteiger partial charge in [0.1, 0.15) is 0 Å². The molecule has 0 aliphatic carbocycles. The zero-order chi connectivity index (χ0) is 15.8. The van der Waals surface area contributed by atoms with Crippen LogP contribution in [0.5, 0.6) is 0 Å². The van der Waals surface area contributed by atoms with Crippen molar-refractivity contribution < 1.29 is 27.9 Å². The van der Waals surface area contributed by atoms with Gasteiger partial charge in [0, 0.05) is 54.5 Å². The number of aromatic amines is 1. The summed E-state index contributed by atoms with van der Waals surface area (Å²) in [6, 6.07) is 0. The highest BCUT2D eigenvalue weighted by atomic mass is 16.7. The topological polar surface area (TPSA) is 84.1 Å². The Bertz CT molecular complexity index is 248. The van der Waals surface area contributed by atoms with Gasteiger partial charge in [0.15, 0.2) is 0 Å². The highest BCUT2D eigenvalue weighted by Gasteiger charge is 2.13. The van der Waals surface area contributed by atoms with E-state index in [2.05, 4.69) is 37.9 Å². The molecular weight excluding hydrogens is 266 g/mol. The van der Waals surface area contributed by atoms with Gasteiger partial charge >= 0.3 is 14.6 Å². The molecule has 1 aromatic heterocycles. The Kier molecular flexibility index (Phi) is 17.3. The summed E-state index contributed by atoms with van der Waals surface area (Å²) in [6.45, 7) is 1.97. The Hall–Kier alpha value is -0.900. The van der Waals surface area contributed by atoms with E-state index in [1.165, 1.54) is 42.7 Å². The van der Waals surface area contributed by atoms with Crippen LogP contribution in [0.1, 0.15) is 5.69 Å². The number of aryl methyl sites for hydroxylation is 1. The predicted molar refractivity (Wildman–Crippen MR) is 76.9 cm³/mol. The first-order chi connectivity index (χ1) is 9.59. The summed E-state index contributed by atoms with van der Waals surface area (Å²) >= 11 is 0. The number of H-pyrrole nitrogens is 1. The third kappa shape index (κ3) is 13.5.